The van der Waals surface area contributed by atoms with E-state index in [1.54, 1.807) is 4.90 Å². The lowest BCUT2D eigenvalue weighted by molar-refractivity contribution is -0.136. The minimum atomic E-state index is -0.521. The molecule has 0 aromatic heterocycles. The van der Waals surface area contributed by atoms with Crippen LogP contribution in [-0.2, 0) is 9.59 Å². The number of carbonyl (C=O) groups is 2. The zero-order chi connectivity index (χ0) is 11.1. The smallest absolute Gasteiger partial charge is 0.228 e. The van der Waals surface area contributed by atoms with E-state index in [1.165, 1.54) is 0 Å². The van der Waals surface area contributed by atoms with Crippen molar-refractivity contribution in [2.45, 2.75) is 13.3 Å². The van der Waals surface area contributed by atoms with Gasteiger partial charge >= 0.3 is 0 Å². The zero-order valence-corrected chi connectivity index (χ0v) is 8.95. The molecule has 2 aliphatic rings. The molecule has 1 unspecified atom stereocenters. The second kappa shape index (κ2) is 3.48. The van der Waals surface area contributed by atoms with Gasteiger partial charge in [-0.2, -0.15) is 0 Å². The first-order valence-electron chi connectivity index (χ1n) is 5.32. The fraction of sp³-hybridized carbons (Fsp3) is 0.800. The number of amides is 2. The van der Waals surface area contributed by atoms with Crippen LogP contribution in [0.15, 0.2) is 0 Å². The molecule has 0 aliphatic carbocycles. The first-order chi connectivity index (χ1) is 7.03. The summed E-state index contributed by atoms with van der Waals surface area (Å²) in [5.41, 5.74) is 4.81. The van der Waals surface area contributed by atoms with Gasteiger partial charge in [-0.15, -0.1) is 0 Å². The third kappa shape index (κ3) is 1.71. The normalized spacial score (nSPS) is 31.4. The summed E-state index contributed by atoms with van der Waals surface area (Å²) >= 11 is 0. The largest absolute Gasteiger partial charge is 0.369 e. The lowest BCUT2D eigenvalue weighted by Crippen LogP contribution is -2.52. The van der Waals surface area contributed by atoms with E-state index in [0.29, 0.717) is 19.5 Å². The van der Waals surface area contributed by atoms with E-state index < -0.39 is 5.41 Å². The summed E-state index contributed by atoms with van der Waals surface area (Å²) < 4.78 is 0. The number of nitrogens with zero attached hydrogens (tertiary/aromatic N) is 1. The fourth-order valence-electron chi connectivity index (χ4n) is 2.07. The van der Waals surface area contributed by atoms with Gasteiger partial charge in [-0.05, 0) is 13.3 Å². The van der Waals surface area contributed by atoms with Gasteiger partial charge in [0.1, 0.15) is 0 Å². The number of likely N-dealkylation sites (tertiary alicyclic amines) is 1. The average molecular weight is 211 g/mol. The standard InChI is InChI=1S/C10H17N3O2/c1-10(9(11)15)2-3-13(6-10)8(14)7-4-12-5-7/h7,12H,2-6H2,1H3,(H2,11,15). The van der Waals surface area contributed by atoms with E-state index in [9.17, 15) is 9.59 Å². The SMILES string of the molecule is CC1(C(N)=O)CCN(C(=O)C2CNC2)C1. The molecular formula is C10H17N3O2. The first-order valence-corrected chi connectivity index (χ1v) is 5.32. The molecule has 0 aromatic rings. The number of rotatable bonds is 2. The van der Waals surface area contributed by atoms with Crippen molar-refractivity contribution in [3.05, 3.63) is 0 Å². The third-order valence-electron chi connectivity index (χ3n) is 3.51. The van der Waals surface area contributed by atoms with Gasteiger partial charge in [-0.25, -0.2) is 0 Å². The lowest BCUT2D eigenvalue weighted by Gasteiger charge is -2.30. The van der Waals surface area contributed by atoms with Crippen LogP contribution in [-0.4, -0.2) is 42.9 Å². The molecule has 2 fully saturated rings. The highest BCUT2D eigenvalue weighted by Crippen LogP contribution is 2.30. The molecule has 0 radical (unpaired) electrons. The molecule has 0 spiro atoms. The van der Waals surface area contributed by atoms with Gasteiger partial charge in [0.15, 0.2) is 0 Å². The number of carbonyl (C=O) groups excluding carboxylic acids is 2. The summed E-state index contributed by atoms with van der Waals surface area (Å²) in [6.07, 6.45) is 0.689. The van der Waals surface area contributed by atoms with Gasteiger partial charge in [-0.1, -0.05) is 0 Å². The predicted octanol–water partition coefficient (Wildman–Crippen LogP) is -1.07. The molecule has 2 amide bonds. The Morgan fingerprint density at radius 3 is 2.53 bits per heavy atom. The predicted molar refractivity (Wildman–Crippen MR) is 54.9 cm³/mol. The van der Waals surface area contributed by atoms with Crippen molar-refractivity contribution >= 4 is 11.8 Å². The Balaban J connectivity index is 1.97. The third-order valence-corrected chi connectivity index (χ3v) is 3.51. The van der Waals surface area contributed by atoms with Crippen molar-refractivity contribution in [1.29, 1.82) is 0 Å². The molecule has 1 atom stereocenters. The van der Waals surface area contributed by atoms with Crippen LogP contribution in [0.25, 0.3) is 0 Å². The van der Waals surface area contributed by atoms with E-state index in [1.807, 2.05) is 6.92 Å². The zero-order valence-electron chi connectivity index (χ0n) is 8.95. The van der Waals surface area contributed by atoms with Crippen molar-refractivity contribution in [2.75, 3.05) is 26.2 Å². The van der Waals surface area contributed by atoms with Crippen LogP contribution >= 0.6 is 0 Å². The number of primary amides is 1. The Kier molecular flexibility index (Phi) is 2.42. The summed E-state index contributed by atoms with van der Waals surface area (Å²) in [4.78, 5) is 24.9. The Hall–Kier alpha value is -1.10. The van der Waals surface area contributed by atoms with Crippen LogP contribution in [0, 0.1) is 11.3 Å². The van der Waals surface area contributed by atoms with Crippen molar-refractivity contribution < 1.29 is 9.59 Å². The van der Waals surface area contributed by atoms with Gasteiger partial charge in [0.25, 0.3) is 0 Å². The molecule has 2 aliphatic heterocycles. The molecule has 15 heavy (non-hydrogen) atoms. The molecule has 0 bridgehead atoms. The monoisotopic (exact) mass is 211 g/mol. The summed E-state index contributed by atoms with van der Waals surface area (Å²) in [7, 11) is 0. The molecule has 84 valence electrons. The summed E-state index contributed by atoms with van der Waals surface area (Å²) in [6, 6.07) is 0. The highest BCUT2D eigenvalue weighted by atomic mass is 16.2. The average Bonchev–Trinajstić information content (AvgIpc) is 2.46. The maximum atomic E-state index is 11.9. The van der Waals surface area contributed by atoms with Crippen LogP contribution in [0.2, 0.25) is 0 Å². The van der Waals surface area contributed by atoms with Crippen LogP contribution < -0.4 is 11.1 Å². The van der Waals surface area contributed by atoms with Crippen LogP contribution in [0.4, 0.5) is 0 Å². The summed E-state index contributed by atoms with van der Waals surface area (Å²) in [5, 5.41) is 3.07. The van der Waals surface area contributed by atoms with E-state index in [0.717, 1.165) is 13.1 Å². The first kappa shape index (κ1) is 10.4. The number of hydrogen-bond donors (Lipinski definition) is 2. The molecule has 2 heterocycles. The quantitative estimate of drug-likeness (QED) is 0.610. The lowest BCUT2D eigenvalue weighted by atomic mass is 9.89. The van der Waals surface area contributed by atoms with E-state index in [2.05, 4.69) is 5.32 Å². The molecule has 5 nitrogen and oxygen atoms in total. The highest BCUT2D eigenvalue weighted by molar-refractivity contribution is 5.85. The molecule has 0 saturated carbocycles. The van der Waals surface area contributed by atoms with Crippen LogP contribution in [0.3, 0.4) is 0 Å². The number of nitrogens with two attached hydrogens (primary N) is 1. The molecular weight excluding hydrogens is 194 g/mol. The molecule has 2 rings (SSSR count). The van der Waals surface area contributed by atoms with Crippen molar-refractivity contribution in [1.82, 2.24) is 10.2 Å². The topological polar surface area (TPSA) is 75.4 Å². The van der Waals surface area contributed by atoms with Crippen LogP contribution in [0.5, 0.6) is 0 Å². The Bertz CT molecular complexity index is 301. The minimum Gasteiger partial charge on any atom is -0.369 e. The van der Waals surface area contributed by atoms with E-state index in [-0.39, 0.29) is 17.7 Å². The maximum absolute atomic E-state index is 11.9. The molecule has 2 saturated heterocycles. The van der Waals surface area contributed by atoms with Gasteiger partial charge in [0.05, 0.1) is 11.3 Å². The Morgan fingerprint density at radius 1 is 1.47 bits per heavy atom. The minimum absolute atomic E-state index is 0.111. The van der Waals surface area contributed by atoms with Crippen molar-refractivity contribution in [2.24, 2.45) is 17.1 Å². The van der Waals surface area contributed by atoms with Gasteiger partial charge in [-0.3, -0.25) is 9.59 Å². The van der Waals surface area contributed by atoms with Gasteiger partial charge in [0, 0.05) is 26.2 Å². The summed E-state index contributed by atoms with van der Waals surface area (Å²) in [5.74, 6) is -0.0246. The second-order valence-electron chi connectivity index (χ2n) is 4.79. The highest BCUT2D eigenvalue weighted by Gasteiger charge is 2.42. The Morgan fingerprint density at radius 2 is 2.13 bits per heavy atom. The fourth-order valence-corrected chi connectivity index (χ4v) is 2.07. The maximum Gasteiger partial charge on any atom is 0.228 e. The number of hydrogen-bond acceptors (Lipinski definition) is 3. The van der Waals surface area contributed by atoms with E-state index >= 15 is 0 Å². The van der Waals surface area contributed by atoms with Gasteiger partial charge in [0.2, 0.25) is 11.8 Å². The summed E-state index contributed by atoms with van der Waals surface area (Å²) in [6.45, 7) is 4.51. The second-order valence-corrected chi connectivity index (χ2v) is 4.79. The van der Waals surface area contributed by atoms with Crippen molar-refractivity contribution in [3.8, 4) is 0 Å². The van der Waals surface area contributed by atoms with Gasteiger partial charge < -0.3 is 16.0 Å². The molecule has 5 heteroatoms. The molecule has 3 N–H and O–H groups in total. The van der Waals surface area contributed by atoms with E-state index in [4.69, 9.17) is 5.73 Å². The number of nitrogens with one attached hydrogen (secondary N) is 1. The van der Waals surface area contributed by atoms with Crippen molar-refractivity contribution in [3.63, 3.8) is 0 Å². The Labute approximate surface area is 89.0 Å². The molecule has 0 aromatic carbocycles. The van der Waals surface area contributed by atoms with Crippen LogP contribution in [0.1, 0.15) is 13.3 Å².